The molecule has 16 heteroatoms. The van der Waals surface area contributed by atoms with Gasteiger partial charge in [-0.2, -0.15) is 39.5 Å². The van der Waals surface area contributed by atoms with Crippen molar-refractivity contribution in [3.63, 3.8) is 0 Å². The number of alkyl halides is 10. The number of hydrogen-bond acceptors (Lipinski definition) is 5. The molecule has 0 saturated carbocycles. The van der Waals surface area contributed by atoms with Crippen LogP contribution in [-0.2, 0) is 22.8 Å². The van der Waals surface area contributed by atoms with Gasteiger partial charge in [0, 0.05) is 25.9 Å². The molecule has 5 nitrogen and oxygen atoms in total. The van der Waals surface area contributed by atoms with E-state index in [2.05, 4.69) is 9.47 Å². The fourth-order valence-corrected chi connectivity index (χ4v) is 6.08. The highest BCUT2D eigenvalue weighted by molar-refractivity contribution is 6.60. The molecule has 0 aliphatic heterocycles. The van der Waals surface area contributed by atoms with E-state index >= 15 is 0 Å². The minimum atomic E-state index is -6.89. The molecule has 0 spiro atoms. The monoisotopic (exact) mass is 600 g/mol. The molecule has 0 aromatic rings. The van der Waals surface area contributed by atoms with E-state index < -0.39 is 46.1 Å². The lowest BCUT2D eigenvalue weighted by Crippen LogP contribution is -2.56. The Balaban J connectivity index is 4.12. The molecule has 0 N–H and O–H groups in total. The summed E-state index contributed by atoms with van der Waals surface area (Å²) < 4.78 is 151. The predicted molar refractivity (Wildman–Crippen MR) is 120 cm³/mol. The maximum atomic E-state index is 13.4. The summed E-state index contributed by atoms with van der Waals surface area (Å²) in [5, 5.41) is 0. The number of hydrogen-bond donors (Lipinski definition) is 0. The molecule has 1 atom stereocenters. The van der Waals surface area contributed by atoms with Gasteiger partial charge in [-0.15, -0.1) is 0 Å². The van der Waals surface area contributed by atoms with Gasteiger partial charge in [0.1, 0.15) is 0 Å². The van der Waals surface area contributed by atoms with E-state index in [1.807, 2.05) is 20.8 Å². The first-order chi connectivity index (χ1) is 17.5. The highest BCUT2D eigenvalue weighted by Crippen LogP contribution is 2.48. The average molecular weight is 601 g/mol. The van der Waals surface area contributed by atoms with Gasteiger partial charge in [-0.3, -0.25) is 4.74 Å². The van der Waals surface area contributed by atoms with Crippen LogP contribution in [0.2, 0.25) is 6.04 Å². The maximum absolute atomic E-state index is 13.4. The van der Waals surface area contributed by atoms with Gasteiger partial charge in [-0.05, 0) is 33.6 Å². The molecule has 0 radical (unpaired) electrons. The number of halogens is 10. The molecule has 0 aliphatic rings. The van der Waals surface area contributed by atoms with Crippen molar-refractivity contribution >= 4 is 8.80 Å². The molecule has 0 fully saturated rings. The molecule has 0 heterocycles. The van der Waals surface area contributed by atoms with Gasteiger partial charge in [-0.25, -0.2) is 4.39 Å². The van der Waals surface area contributed by atoms with Gasteiger partial charge in [0.2, 0.25) is 0 Å². The molecule has 0 bridgehead atoms. The molecule has 0 aromatic heterocycles. The molecule has 230 valence electrons. The van der Waals surface area contributed by atoms with Crippen LogP contribution in [0.4, 0.5) is 43.9 Å². The van der Waals surface area contributed by atoms with Crippen LogP contribution in [0.3, 0.4) is 0 Å². The minimum absolute atomic E-state index is 0.0452. The van der Waals surface area contributed by atoms with E-state index in [0.717, 1.165) is 44.6 Å². The van der Waals surface area contributed by atoms with Gasteiger partial charge in [0.05, 0.1) is 6.61 Å². The molecule has 38 heavy (non-hydrogen) atoms. The molecule has 0 aromatic carbocycles. The zero-order valence-corrected chi connectivity index (χ0v) is 22.8. The Bertz CT molecular complexity index is 609. The lowest BCUT2D eigenvalue weighted by atomic mass is 10.1. The Labute approximate surface area is 217 Å². The van der Waals surface area contributed by atoms with Crippen LogP contribution in [0.15, 0.2) is 0 Å². The molecule has 1 unspecified atom stereocenters. The normalized spacial score (nSPS) is 14.8. The van der Waals surface area contributed by atoms with Crippen molar-refractivity contribution in [3.05, 3.63) is 0 Å². The Morgan fingerprint density at radius 1 is 0.605 bits per heavy atom. The fraction of sp³-hybridized carbons (Fsp3) is 1.00. The van der Waals surface area contributed by atoms with Crippen LogP contribution in [0.25, 0.3) is 0 Å². The van der Waals surface area contributed by atoms with Crippen LogP contribution in [0.5, 0.6) is 0 Å². The van der Waals surface area contributed by atoms with E-state index in [0.29, 0.717) is 32.7 Å². The highest BCUT2D eigenvalue weighted by atomic mass is 28.4. The fourth-order valence-electron chi connectivity index (χ4n) is 3.39. The molecular weight excluding hydrogens is 562 g/mol. The second-order valence-corrected chi connectivity index (χ2v) is 11.1. The lowest BCUT2D eigenvalue weighted by molar-refractivity contribution is -0.465. The summed E-state index contributed by atoms with van der Waals surface area (Å²) in [5.74, 6) is -6.89. The van der Waals surface area contributed by atoms with Crippen LogP contribution in [0.1, 0.15) is 78.6 Å². The first kappa shape index (κ1) is 37.3. The van der Waals surface area contributed by atoms with Gasteiger partial charge in [0.25, 0.3) is 6.36 Å². The predicted octanol–water partition coefficient (Wildman–Crippen LogP) is 8.26. The van der Waals surface area contributed by atoms with Crippen LogP contribution < -0.4 is 0 Å². The molecule has 0 aliphatic carbocycles. The van der Waals surface area contributed by atoms with Crippen LogP contribution >= 0.6 is 0 Å². The lowest BCUT2D eigenvalue weighted by Gasteiger charge is -2.30. The van der Waals surface area contributed by atoms with E-state index in [-0.39, 0.29) is 6.42 Å². The van der Waals surface area contributed by atoms with E-state index in [9.17, 15) is 43.9 Å². The van der Waals surface area contributed by atoms with Crippen molar-refractivity contribution in [1.82, 2.24) is 0 Å². The van der Waals surface area contributed by atoms with Crippen LogP contribution in [-0.4, -0.2) is 65.9 Å². The SMILES string of the molecule is CCO[Si](CCCCCCCCCCCOC(F)(F)C(F)OC(F)(F)C(F)(F)C(F)(F)F)(OCC)OCC. The van der Waals surface area contributed by atoms with Gasteiger partial charge >= 0.3 is 33.1 Å². The third-order valence-corrected chi connectivity index (χ3v) is 8.40. The Morgan fingerprint density at radius 3 is 1.39 bits per heavy atom. The zero-order chi connectivity index (χ0) is 29.5. The number of rotatable bonds is 23. The Kier molecular flexibility index (Phi) is 16.9. The molecular formula is C22H38F10O5Si. The maximum Gasteiger partial charge on any atom is 0.500 e. The summed E-state index contributed by atoms with van der Waals surface area (Å²) in [4.78, 5) is 0. The first-order valence-corrected chi connectivity index (χ1v) is 14.5. The molecule has 0 amide bonds. The summed E-state index contributed by atoms with van der Waals surface area (Å²) >= 11 is 0. The standard InChI is InChI=1S/C22H38F10O5Si/c1-4-34-38(35-5-2,36-6-3)17-15-13-11-9-7-8-10-12-14-16-33-19(24,25)18(23)37-22(31,32)20(26,27)21(28,29)30/h18H,4-17H2,1-3H3. The number of unbranched alkanes of at least 4 members (excludes halogenated alkanes) is 8. The second-order valence-electron chi connectivity index (χ2n) is 8.35. The van der Waals surface area contributed by atoms with Crippen molar-refractivity contribution in [2.75, 3.05) is 26.4 Å². The second kappa shape index (κ2) is 17.2. The topological polar surface area (TPSA) is 46.2 Å². The largest absolute Gasteiger partial charge is 0.500 e. The summed E-state index contributed by atoms with van der Waals surface area (Å²) in [6.45, 7) is 6.34. The van der Waals surface area contributed by atoms with E-state index in [4.69, 9.17) is 13.3 Å². The van der Waals surface area contributed by atoms with Crippen molar-refractivity contribution < 1.29 is 66.7 Å². The summed E-state index contributed by atoms with van der Waals surface area (Å²) in [5.41, 5.74) is 0. The van der Waals surface area contributed by atoms with E-state index in [1.165, 1.54) is 0 Å². The third-order valence-electron chi connectivity index (χ3n) is 5.25. The average Bonchev–Trinajstić information content (AvgIpc) is 2.79. The number of ether oxygens (including phenoxy) is 2. The summed E-state index contributed by atoms with van der Waals surface area (Å²) in [6, 6.07) is 0.723. The van der Waals surface area contributed by atoms with E-state index in [1.54, 1.807) is 0 Å². The highest BCUT2D eigenvalue weighted by Gasteiger charge is 2.76. The first-order valence-electron chi connectivity index (χ1n) is 12.6. The Hall–Kier alpha value is -0.683. The van der Waals surface area contributed by atoms with Gasteiger partial charge in [-0.1, -0.05) is 44.9 Å². The van der Waals surface area contributed by atoms with Crippen molar-refractivity contribution in [1.29, 1.82) is 0 Å². The molecule has 0 rings (SSSR count). The smallest absolute Gasteiger partial charge is 0.374 e. The van der Waals surface area contributed by atoms with Crippen molar-refractivity contribution in [3.8, 4) is 0 Å². The Morgan fingerprint density at radius 2 is 1.00 bits per heavy atom. The zero-order valence-electron chi connectivity index (χ0n) is 21.8. The molecule has 0 saturated heterocycles. The van der Waals surface area contributed by atoms with Crippen molar-refractivity contribution in [2.45, 2.75) is 115 Å². The quantitative estimate of drug-likeness (QED) is 0.0672. The van der Waals surface area contributed by atoms with Crippen LogP contribution in [0, 0.1) is 0 Å². The minimum Gasteiger partial charge on any atom is -0.374 e. The van der Waals surface area contributed by atoms with Gasteiger partial charge in [0.15, 0.2) is 0 Å². The summed E-state index contributed by atoms with van der Waals surface area (Å²) in [6.07, 6.45) is -16.8. The third kappa shape index (κ3) is 12.7. The summed E-state index contributed by atoms with van der Waals surface area (Å²) in [7, 11) is -2.65. The van der Waals surface area contributed by atoms with Crippen molar-refractivity contribution in [2.24, 2.45) is 0 Å². The van der Waals surface area contributed by atoms with Gasteiger partial charge < -0.3 is 18.0 Å².